The first kappa shape index (κ1) is 17.0. The van der Waals surface area contributed by atoms with E-state index < -0.39 is 16.1 Å². The van der Waals surface area contributed by atoms with E-state index in [1.807, 2.05) is 4.90 Å². The maximum Gasteiger partial charge on any atom is 0.245 e. The summed E-state index contributed by atoms with van der Waals surface area (Å²) < 4.78 is 27.4. The maximum atomic E-state index is 13.0. The van der Waals surface area contributed by atoms with Crippen LogP contribution >= 0.6 is 0 Å². The van der Waals surface area contributed by atoms with Gasteiger partial charge in [-0.25, -0.2) is 8.42 Å². The van der Waals surface area contributed by atoms with Crippen LogP contribution in [0.5, 0.6) is 0 Å². The molecule has 1 aromatic rings. The van der Waals surface area contributed by atoms with E-state index >= 15 is 0 Å². The summed E-state index contributed by atoms with van der Waals surface area (Å²) in [6.07, 6.45) is 9.28. The molecule has 2 saturated heterocycles. The van der Waals surface area contributed by atoms with E-state index in [9.17, 15) is 13.2 Å². The van der Waals surface area contributed by atoms with Crippen LogP contribution < -0.4 is 0 Å². The van der Waals surface area contributed by atoms with E-state index in [1.165, 1.54) is 36.2 Å². The minimum Gasteiger partial charge on any atom is -0.341 e. The molecule has 2 bridgehead atoms. The minimum absolute atomic E-state index is 0.00434. The summed E-state index contributed by atoms with van der Waals surface area (Å²) in [7, 11) is -3.67. The van der Waals surface area contributed by atoms with Crippen LogP contribution in [0, 0.1) is 11.8 Å². The SMILES string of the molecule is O=C1[C@H]2C[C@H](CCN2S(=O)(=O)c2cccnc2)CN1CC1CCCC1. The number of hydrogen-bond acceptors (Lipinski definition) is 4. The highest BCUT2D eigenvalue weighted by Gasteiger charge is 2.46. The van der Waals surface area contributed by atoms with Gasteiger partial charge in [0, 0.05) is 32.0 Å². The highest BCUT2D eigenvalue weighted by molar-refractivity contribution is 7.89. The highest BCUT2D eigenvalue weighted by Crippen LogP contribution is 2.35. The molecular weight excluding hydrogens is 338 g/mol. The number of rotatable bonds is 4. The molecule has 1 amide bonds. The van der Waals surface area contributed by atoms with Crippen LogP contribution in [0.25, 0.3) is 0 Å². The number of fused-ring (bicyclic) bond motifs is 2. The number of pyridine rings is 1. The summed E-state index contributed by atoms with van der Waals surface area (Å²) in [4.78, 5) is 19.1. The Hall–Kier alpha value is -1.47. The topological polar surface area (TPSA) is 70.6 Å². The zero-order chi connectivity index (χ0) is 17.4. The van der Waals surface area contributed by atoms with E-state index in [-0.39, 0.29) is 10.8 Å². The van der Waals surface area contributed by atoms with Crippen LogP contribution in [-0.4, -0.2) is 54.2 Å². The van der Waals surface area contributed by atoms with Gasteiger partial charge in [0.15, 0.2) is 0 Å². The smallest absolute Gasteiger partial charge is 0.245 e. The Morgan fingerprint density at radius 3 is 2.72 bits per heavy atom. The average molecular weight is 363 g/mol. The first-order valence-corrected chi connectivity index (χ1v) is 10.7. The molecule has 2 aliphatic heterocycles. The number of sulfonamides is 1. The predicted molar refractivity (Wildman–Crippen MR) is 93.2 cm³/mol. The second-order valence-electron chi connectivity index (χ2n) is 7.60. The Balaban J connectivity index is 1.56. The zero-order valence-electron chi connectivity index (χ0n) is 14.4. The van der Waals surface area contributed by atoms with Gasteiger partial charge in [0.05, 0.1) is 0 Å². The van der Waals surface area contributed by atoms with Crippen LogP contribution in [-0.2, 0) is 14.8 Å². The standard InChI is InChI=1S/C18H25N3O3S/c22-18-17-10-15(13-20(18)12-14-4-1-2-5-14)7-9-21(17)25(23,24)16-6-3-8-19-11-16/h3,6,8,11,14-15,17H,1-2,4-5,7,9-10,12-13H2/t15-,17+/m0/s1. The molecule has 0 spiro atoms. The molecule has 4 rings (SSSR count). The molecule has 1 aromatic heterocycles. The van der Waals surface area contributed by atoms with Crippen LogP contribution in [0.1, 0.15) is 38.5 Å². The Bertz CT molecular complexity index is 731. The lowest BCUT2D eigenvalue weighted by atomic mass is 9.87. The van der Waals surface area contributed by atoms with Crippen molar-refractivity contribution in [2.45, 2.75) is 49.5 Å². The van der Waals surface area contributed by atoms with E-state index in [4.69, 9.17) is 0 Å². The van der Waals surface area contributed by atoms with Crippen LogP contribution in [0.4, 0.5) is 0 Å². The van der Waals surface area contributed by atoms with Gasteiger partial charge in [0.2, 0.25) is 15.9 Å². The van der Waals surface area contributed by atoms with Gasteiger partial charge in [-0.1, -0.05) is 12.8 Å². The van der Waals surface area contributed by atoms with Crippen molar-refractivity contribution in [3.8, 4) is 0 Å². The van der Waals surface area contributed by atoms with Crippen LogP contribution in [0.3, 0.4) is 0 Å². The van der Waals surface area contributed by atoms with Crippen molar-refractivity contribution < 1.29 is 13.2 Å². The second kappa shape index (κ2) is 6.68. The summed E-state index contributed by atoms with van der Waals surface area (Å²) in [5.74, 6) is 1.01. The van der Waals surface area contributed by atoms with Crippen molar-refractivity contribution in [1.82, 2.24) is 14.2 Å². The van der Waals surface area contributed by atoms with Crippen molar-refractivity contribution in [2.24, 2.45) is 11.8 Å². The van der Waals surface area contributed by atoms with Crippen molar-refractivity contribution in [3.05, 3.63) is 24.5 Å². The number of carbonyl (C=O) groups excluding carboxylic acids is 1. The van der Waals surface area contributed by atoms with Crippen molar-refractivity contribution in [1.29, 1.82) is 0 Å². The fraction of sp³-hybridized carbons (Fsp3) is 0.667. The molecular formula is C18H25N3O3S. The number of nitrogens with zero attached hydrogens (tertiary/aromatic N) is 3. The van der Waals surface area contributed by atoms with Gasteiger partial charge in [-0.05, 0) is 49.7 Å². The van der Waals surface area contributed by atoms with Gasteiger partial charge < -0.3 is 4.90 Å². The molecule has 2 atom stereocenters. The largest absolute Gasteiger partial charge is 0.341 e. The monoisotopic (exact) mass is 363 g/mol. The van der Waals surface area contributed by atoms with Crippen molar-refractivity contribution in [3.63, 3.8) is 0 Å². The summed E-state index contributed by atoms with van der Waals surface area (Å²) in [6.45, 7) is 2.02. The van der Waals surface area contributed by atoms with Crippen molar-refractivity contribution in [2.75, 3.05) is 19.6 Å². The third-order valence-electron chi connectivity index (χ3n) is 5.93. The molecule has 136 valence electrons. The minimum atomic E-state index is -3.67. The predicted octanol–water partition coefficient (Wildman–Crippen LogP) is 1.88. The highest BCUT2D eigenvalue weighted by atomic mass is 32.2. The molecule has 0 radical (unpaired) electrons. The van der Waals surface area contributed by atoms with Crippen LogP contribution in [0.2, 0.25) is 0 Å². The number of carbonyl (C=O) groups is 1. The van der Waals surface area contributed by atoms with Gasteiger partial charge in [0.1, 0.15) is 10.9 Å². The van der Waals surface area contributed by atoms with Gasteiger partial charge >= 0.3 is 0 Å². The third-order valence-corrected chi connectivity index (χ3v) is 7.82. The van der Waals surface area contributed by atoms with Crippen LogP contribution in [0.15, 0.2) is 29.4 Å². The zero-order valence-corrected chi connectivity index (χ0v) is 15.2. The molecule has 6 nitrogen and oxygen atoms in total. The van der Waals surface area contributed by atoms with Gasteiger partial charge in [-0.15, -0.1) is 0 Å². The lowest BCUT2D eigenvalue weighted by molar-refractivity contribution is -0.143. The first-order valence-electron chi connectivity index (χ1n) is 9.26. The van der Waals surface area contributed by atoms with Crippen molar-refractivity contribution >= 4 is 15.9 Å². The quantitative estimate of drug-likeness (QED) is 0.819. The molecule has 1 saturated carbocycles. The number of piperidine rings is 2. The molecule has 3 heterocycles. The van der Waals surface area contributed by atoms with E-state index in [0.29, 0.717) is 24.8 Å². The molecule has 7 heteroatoms. The fourth-order valence-electron chi connectivity index (χ4n) is 4.61. The third kappa shape index (κ3) is 3.19. The number of hydrogen-bond donors (Lipinski definition) is 0. The lowest BCUT2D eigenvalue weighted by Gasteiger charge is -2.46. The van der Waals surface area contributed by atoms with Gasteiger partial charge in [-0.2, -0.15) is 4.31 Å². The lowest BCUT2D eigenvalue weighted by Crippen LogP contribution is -2.60. The fourth-order valence-corrected chi connectivity index (χ4v) is 6.18. The molecule has 0 N–H and O–H groups in total. The molecule has 3 fully saturated rings. The molecule has 0 unspecified atom stereocenters. The van der Waals surface area contributed by atoms with E-state index in [2.05, 4.69) is 4.98 Å². The molecule has 0 aromatic carbocycles. The molecule has 25 heavy (non-hydrogen) atoms. The summed E-state index contributed by atoms with van der Waals surface area (Å²) in [6, 6.07) is 2.63. The summed E-state index contributed by atoms with van der Waals surface area (Å²) >= 11 is 0. The normalized spacial score (nSPS) is 28.5. The Kier molecular flexibility index (Phi) is 4.54. The van der Waals surface area contributed by atoms with Gasteiger partial charge in [0.25, 0.3) is 0 Å². The molecule has 1 aliphatic carbocycles. The Morgan fingerprint density at radius 2 is 2.00 bits per heavy atom. The second-order valence-corrected chi connectivity index (χ2v) is 9.49. The number of amides is 1. The first-order chi connectivity index (χ1) is 12.1. The summed E-state index contributed by atoms with van der Waals surface area (Å²) in [5, 5.41) is 0. The number of likely N-dealkylation sites (tertiary alicyclic amines) is 1. The molecule has 3 aliphatic rings. The summed E-state index contributed by atoms with van der Waals surface area (Å²) in [5.41, 5.74) is 0. The van der Waals surface area contributed by atoms with E-state index in [1.54, 1.807) is 18.3 Å². The average Bonchev–Trinajstić information content (AvgIpc) is 3.13. The maximum absolute atomic E-state index is 13.0. The Morgan fingerprint density at radius 1 is 1.20 bits per heavy atom. The van der Waals surface area contributed by atoms with E-state index in [0.717, 1.165) is 19.5 Å². The Labute approximate surface area is 149 Å². The number of aromatic nitrogens is 1. The van der Waals surface area contributed by atoms with Gasteiger partial charge in [-0.3, -0.25) is 9.78 Å².